The predicted octanol–water partition coefficient (Wildman–Crippen LogP) is 3.82. The minimum atomic E-state index is 0. The Morgan fingerprint density at radius 2 is 1.88 bits per heavy atom. The van der Waals surface area contributed by atoms with Crippen molar-refractivity contribution in [2.75, 3.05) is 51.4 Å². The zero-order valence-electron chi connectivity index (χ0n) is 19.0. The minimum Gasteiger partial charge on any atom is -0.494 e. The minimum absolute atomic E-state index is 0. The molecule has 0 saturated carbocycles. The number of fused-ring (bicyclic) bond motifs is 1. The summed E-state index contributed by atoms with van der Waals surface area (Å²) < 4.78 is 11.4. The molecular weight excluding hydrogens is 529 g/mol. The van der Waals surface area contributed by atoms with E-state index in [4.69, 9.17) is 9.47 Å². The van der Waals surface area contributed by atoms with E-state index in [0.29, 0.717) is 13.2 Å². The zero-order chi connectivity index (χ0) is 22.0. The first-order valence-corrected chi connectivity index (χ1v) is 11.2. The van der Waals surface area contributed by atoms with E-state index in [-0.39, 0.29) is 24.0 Å². The van der Waals surface area contributed by atoms with Gasteiger partial charge in [0.1, 0.15) is 11.6 Å². The van der Waals surface area contributed by atoms with Crippen molar-refractivity contribution in [2.45, 2.75) is 13.0 Å². The summed E-state index contributed by atoms with van der Waals surface area (Å²) in [7, 11) is 1.78. The third kappa shape index (κ3) is 7.20. The SMILES string of the molecule is CN=C(NCCCOc1ccc2ccccc2c1)NCc1cccnc1N1CCOCC1.I. The van der Waals surface area contributed by atoms with Gasteiger partial charge in [0.2, 0.25) is 0 Å². The van der Waals surface area contributed by atoms with Crippen LogP contribution in [-0.2, 0) is 11.3 Å². The van der Waals surface area contributed by atoms with Crippen LogP contribution in [0.3, 0.4) is 0 Å². The van der Waals surface area contributed by atoms with Crippen LogP contribution in [0, 0.1) is 0 Å². The lowest BCUT2D eigenvalue weighted by molar-refractivity contribution is 0.122. The van der Waals surface area contributed by atoms with Crippen LogP contribution >= 0.6 is 24.0 Å². The van der Waals surface area contributed by atoms with Crippen molar-refractivity contribution in [3.05, 3.63) is 66.4 Å². The first-order chi connectivity index (χ1) is 15.8. The Labute approximate surface area is 212 Å². The van der Waals surface area contributed by atoms with Crippen molar-refractivity contribution in [2.24, 2.45) is 4.99 Å². The summed E-state index contributed by atoms with van der Waals surface area (Å²) in [5.41, 5.74) is 1.15. The number of hydrogen-bond donors (Lipinski definition) is 2. The molecule has 1 fully saturated rings. The van der Waals surface area contributed by atoms with Gasteiger partial charge in [-0.25, -0.2) is 4.98 Å². The van der Waals surface area contributed by atoms with Crippen LogP contribution in [0.5, 0.6) is 5.75 Å². The van der Waals surface area contributed by atoms with E-state index in [1.54, 1.807) is 7.05 Å². The molecule has 1 saturated heterocycles. The van der Waals surface area contributed by atoms with Gasteiger partial charge in [-0.1, -0.05) is 36.4 Å². The van der Waals surface area contributed by atoms with E-state index < -0.39 is 0 Å². The van der Waals surface area contributed by atoms with Gasteiger partial charge in [0.05, 0.1) is 19.8 Å². The number of nitrogens with one attached hydrogen (secondary N) is 2. The first-order valence-electron chi connectivity index (χ1n) is 11.2. The molecule has 2 N–H and O–H groups in total. The lowest BCUT2D eigenvalue weighted by atomic mass is 10.1. The van der Waals surface area contributed by atoms with Crippen molar-refractivity contribution in [3.8, 4) is 5.75 Å². The van der Waals surface area contributed by atoms with E-state index in [1.165, 1.54) is 10.8 Å². The molecular formula is C25H32IN5O2. The predicted molar refractivity (Wildman–Crippen MR) is 145 cm³/mol. The smallest absolute Gasteiger partial charge is 0.191 e. The molecule has 33 heavy (non-hydrogen) atoms. The number of guanidine groups is 1. The van der Waals surface area contributed by atoms with Crippen LogP contribution in [-0.4, -0.2) is 57.4 Å². The van der Waals surface area contributed by atoms with E-state index in [1.807, 2.05) is 30.5 Å². The Bertz CT molecular complexity index is 1040. The van der Waals surface area contributed by atoms with Crippen molar-refractivity contribution < 1.29 is 9.47 Å². The molecule has 3 aromatic rings. The summed E-state index contributed by atoms with van der Waals surface area (Å²) in [6.07, 6.45) is 2.72. The van der Waals surface area contributed by atoms with Gasteiger partial charge in [-0.05, 0) is 35.4 Å². The van der Waals surface area contributed by atoms with Crippen LogP contribution in [0.2, 0.25) is 0 Å². The van der Waals surface area contributed by atoms with Crippen molar-refractivity contribution in [1.29, 1.82) is 0 Å². The zero-order valence-corrected chi connectivity index (χ0v) is 21.3. The summed E-state index contributed by atoms with van der Waals surface area (Å²) in [6.45, 7) is 5.31. The highest BCUT2D eigenvalue weighted by Crippen LogP contribution is 2.20. The second-order valence-electron chi connectivity index (χ2n) is 7.65. The molecule has 1 aliphatic heterocycles. The highest BCUT2D eigenvalue weighted by molar-refractivity contribution is 14.0. The molecule has 0 bridgehead atoms. The van der Waals surface area contributed by atoms with Gasteiger partial charge < -0.3 is 25.0 Å². The summed E-state index contributed by atoms with van der Waals surface area (Å²) in [4.78, 5) is 11.2. The summed E-state index contributed by atoms with van der Waals surface area (Å²) in [5, 5.41) is 9.17. The highest BCUT2D eigenvalue weighted by Gasteiger charge is 2.15. The van der Waals surface area contributed by atoms with Crippen molar-refractivity contribution in [3.63, 3.8) is 0 Å². The molecule has 8 heteroatoms. The largest absolute Gasteiger partial charge is 0.494 e. The summed E-state index contributed by atoms with van der Waals surface area (Å²) >= 11 is 0. The third-order valence-corrected chi connectivity index (χ3v) is 5.45. The normalized spacial score (nSPS) is 14.0. The number of aliphatic imine (C=N–C) groups is 1. The van der Waals surface area contributed by atoms with Crippen LogP contribution in [0.4, 0.5) is 5.82 Å². The number of nitrogens with zero attached hydrogens (tertiary/aromatic N) is 3. The molecule has 1 aromatic heterocycles. The molecule has 0 aliphatic carbocycles. The van der Waals surface area contributed by atoms with Crippen molar-refractivity contribution >= 4 is 46.5 Å². The fraction of sp³-hybridized carbons (Fsp3) is 0.360. The van der Waals surface area contributed by atoms with E-state index in [9.17, 15) is 0 Å². The Balaban J connectivity index is 0.00000306. The molecule has 2 aromatic carbocycles. The lowest BCUT2D eigenvalue weighted by Crippen LogP contribution is -2.39. The fourth-order valence-corrected chi connectivity index (χ4v) is 3.75. The Hall–Kier alpha value is -2.59. The number of pyridine rings is 1. The molecule has 7 nitrogen and oxygen atoms in total. The standard InChI is InChI=1S/C25H31N5O2.HI/c1-26-25(29-19-22-8-4-11-27-24(22)30-13-16-31-17-14-30)28-12-5-15-32-23-10-9-20-6-2-3-7-21(20)18-23;/h2-4,6-11,18H,5,12-17,19H2,1H3,(H2,26,28,29);1H. The molecule has 0 atom stereocenters. The second kappa shape index (κ2) is 13.2. The number of rotatable bonds is 8. The molecule has 1 aliphatic rings. The van der Waals surface area contributed by atoms with Crippen LogP contribution < -0.4 is 20.3 Å². The summed E-state index contributed by atoms with van der Waals surface area (Å²) in [5.74, 6) is 2.69. The number of ether oxygens (including phenoxy) is 2. The molecule has 0 unspecified atom stereocenters. The number of hydrogen-bond acceptors (Lipinski definition) is 5. The van der Waals surface area contributed by atoms with Gasteiger partial charge in [-0.2, -0.15) is 0 Å². The topological polar surface area (TPSA) is 71.0 Å². The van der Waals surface area contributed by atoms with Gasteiger partial charge in [-0.15, -0.1) is 24.0 Å². The molecule has 176 valence electrons. The Morgan fingerprint density at radius 3 is 2.70 bits per heavy atom. The van der Waals surface area contributed by atoms with Gasteiger partial charge >= 0.3 is 0 Å². The van der Waals surface area contributed by atoms with Gasteiger partial charge in [0, 0.05) is 45.0 Å². The average molecular weight is 561 g/mol. The number of anilines is 1. The number of morpholine rings is 1. The van der Waals surface area contributed by atoms with Gasteiger partial charge in [0.25, 0.3) is 0 Å². The fourth-order valence-electron chi connectivity index (χ4n) is 3.75. The molecule has 0 spiro atoms. The number of aromatic nitrogens is 1. The summed E-state index contributed by atoms with van der Waals surface area (Å²) in [6, 6.07) is 18.6. The van der Waals surface area contributed by atoms with Crippen LogP contribution in [0.1, 0.15) is 12.0 Å². The Morgan fingerprint density at radius 1 is 1.06 bits per heavy atom. The first kappa shape index (κ1) is 25.0. The number of benzene rings is 2. The maximum atomic E-state index is 5.92. The molecule has 0 amide bonds. The maximum Gasteiger partial charge on any atom is 0.191 e. The lowest BCUT2D eigenvalue weighted by Gasteiger charge is -2.29. The maximum absolute atomic E-state index is 5.92. The van der Waals surface area contributed by atoms with Gasteiger partial charge in [-0.3, -0.25) is 4.99 Å². The molecule has 0 radical (unpaired) electrons. The molecule has 4 rings (SSSR count). The quantitative estimate of drug-likeness (QED) is 0.189. The third-order valence-electron chi connectivity index (χ3n) is 5.45. The molecule has 2 heterocycles. The van der Waals surface area contributed by atoms with Crippen LogP contribution in [0.25, 0.3) is 10.8 Å². The average Bonchev–Trinajstić information content (AvgIpc) is 2.86. The van der Waals surface area contributed by atoms with Gasteiger partial charge in [0.15, 0.2) is 5.96 Å². The monoisotopic (exact) mass is 561 g/mol. The van der Waals surface area contributed by atoms with E-state index in [2.05, 4.69) is 55.8 Å². The van der Waals surface area contributed by atoms with E-state index in [0.717, 1.165) is 62.4 Å². The Kier molecular flexibility index (Phi) is 10.0. The van der Waals surface area contributed by atoms with Crippen LogP contribution in [0.15, 0.2) is 65.8 Å². The number of halogens is 1. The van der Waals surface area contributed by atoms with E-state index >= 15 is 0 Å². The van der Waals surface area contributed by atoms with Crippen molar-refractivity contribution in [1.82, 2.24) is 15.6 Å². The second-order valence-corrected chi connectivity index (χ2v) is 7.65. The highest BCUT2D eigenvalue weighted by atomic mass is 127.